The van der Waals surface area contributed by atoms with Crippen LogP contribution in [0.2, 0.25) is 0 Å². The Labute approximate surface area is 151 Å². The number of likely N-dealkylation sites (tertiary alicyclic amines) is 1. The van der Waals surface area contributed by atoms with Gasteiger partial charge in [-0.1, -0.05) is 6.07 Å². The normalized spacial score (nSPS) is 17.1. The molecule has 0 bridgehead atoms. The van der Waals surface area contributed by atoms with Crippen LogP contribution >= 0.6 is 0 Å². The monoisotopic (exact) mass is 356 g/mol. The van der Waals surface area contributed by atoms with E-state index in [1.54, 1.807) is 24.0 Å². The highest BCUT2D eigenvalue weighted by atomic mass is 19.1. The van der Waals surface area contributed by atoms with Crippen LogP contribution in [0.15, 0.2) is 35.1 Å². The first-order valence-corrected chi connectivity index (χ1v) is 8.87. The molecule has 2 fully saturated rings. The van der Waals surface area contributed by atoms with E-state index in [2.05, 4.69) is 0 Å². The highest BCUT2D eigenvalue weighted by Crippen LogP contribution is 2.35. The number of aryl methyl sites for hydroxylation is 2. The summed E-state index contributed by atoms with van der Waals surface area (Å²) in [5.74, 6) is -0.0390. The molecule has 0 spiro atoms. The molecule has 136 valence electrons. The molecule has 2 aromatic rings. The Balaban J connectivity index is 1.38. The Morgan fingerprint density at radius 3 is 2.50 bits per heavy atom. The van der Waals surface area contributed by atoms with Crippen molar-refractivity contribution < 1.29 is 13.9 Å². The van der Waals surface area contributed by atoms with Gasteiger partial charge in [0.1, 0.15) is 17.7 Å². The second-order valence-corrected chi connectivity index (χ2v) is 7.19. The zero-order valence-corrected chi connectivity index (χ0v) is 14.9. The van der Waals surface area contributed by atoms with Gasteiger partial charge in [-0.3, -0.25) is 9.59 Å². The first-order chi connectivity index (χ1) is 12.4. The molecule has 1 aliphatic carbocycles. The zero-order chi connectivity index (χ0) is 18.4. The zero-order valence-electron chi connectivity index (χ0n) is 14.9. The number of pyridine rings is 1. The number of nitrogens with zero attached hydrogens (tertiary/aromatic N) is 2. The van der Waals surface area contributed by atoms with Crippen LogP contribution in [0.25, 0.3) is 0 Å². The van der Waals surface area contributed by atoms with Crippen LogP contribution < -0.4 is 10.3 Å². The fourth-order valence-corrected chi connectivity index (χ4v) is 3.33. The van der Waals surface area contributed by atoms with E-state index < -0.39 is 0 Å². The summed E-state index contributed by atoms with van der Waals surface area (Å²) in [5.41, 5.74) is 1.72. The number of hydrogen-bond acceptors (Lipinski definition) is 3. The van der Waals surface area contributed by atoms with Crippen molar-refractivity contribution in [2.24, 2.45) is 0 Å². The van der Waals surface area contributed by atoms with Gasteiger partial charge >= 0.3 is 0 Å². The molecule has 0 N–H and O–H groups in total. The Morgan fingerprint density at radius 1 is 1.15 bits per heavy atom. The Bertz CT molecular complexity index is 927. The molecule has 0 atom stereocenters. The molecule has 4 rings (SSSR count). The Kier molecular flexibility index (Phi) is 4.05. The van der Waals surface area contributed by atoms with Crippen LogP contribution in [-0.4, -0.2) is 34.6 Å². The van der Waals surface area contributed by atoms with E-state index in [1.165, 1.54) is 12.1 Å². The van der Waals surface area contributed by atoms with Crippen LogP contribution in [0.4, 0.5) is 4.39 Å². The van der Waals surface area contributed by atoms with Crippen LogP contribution in [0.3, 0.4) is 0 Å². The number of halogens is 1. The summed E-state index contributed by atoms with van der Waals surface area (Å²) in [6.07, 6.45) is 1.96. The van der Waals surface area contributed by atoms with Crippen molar-refractivity contribution in [3.63, 3.8) is 0 Å². The standard InChI is InChI=1S/C20H21FN2O3/c1-12-3-4-14(8-18(12)21)20(25)22-10-17(11-22)26-16-7-13(2)23(15-5-6-15)19(24)9-16/h3-4,7-9,15,17H,5-6,10-11H2,1-2H3. The molecule has 26 heavy (non-hydrogen) atoms. The molecule has 2 heterocycles. The third-order valence-electron chi connectivity index (χ3n) is 5.00. The number of carbonyl (C=O) groups excluding carboxylic acids is 1. The fraction of sp³-hybridized carbons (Fsp3) is 0.400. The average molecular weight is 356 g/mol. The van der Waals surface area contributed by atoms with Gasteiger partial charge in [-0.05, 0) is 50.5 Å². The number of aromatic nitrogens is 1. The SMILES string of the molecule is Cc1ccc(C(=O)N2CC(Oc3cc(C)n(C4CC4)c(=O)c3)C2)cc1F. The number of rotatable bonds is 4. The van der Waals surface area contributed by atoms with E-state index in [4.69, 9.17) is 4.74 Å². The van der Waals surface area contributed by atoms with Gasteiger partial charge in [-0.2, -0.15) is 0 Å². The van der Waals surface area contributed by atoms with Gasteiger partial charge in [0, 0.05) is 23.4 Å². The van der Waals surface area contributed by atoms with Gasteiger partial charge in [-0.15, -0.1) is 0 Å². The fourth-order valence-electron chi connectivity index (χ4n) is 3.33. The van der Waals surface area contributed by atoms with E-state index in [1.807, 2.05) is 17.6 Å². The number of carbonyl (C=O) groups is 1. The molecule has 1 aromatic heterocycles. The van der Waals surface area contributed by atoms with E-state index in [9.17, 15) is 14.0 Å². The van der Waals surface area contributed by atoms with Crippen molar-refractivity contribution in [3.05, 3.63) is 63.3 Å². The summed E-state index contributed by atoms with van der Waals surface area (Å²) in [5, 5.41) is 0. The maximum Gasteiger partial charge on any atom is 0.254 e. The number of hydrogen-bond donors (Lipinski definition) is 0. The molecular formula is C20H21FN2O3. The topological polar surface area (TPSA) is 51.5 Å². The van der Waals surface area contributed by atoms with E-state index in [0.717, 1.165) is 18.5 Å². The second-order valence-electron chi connectivity index (χ2n) is 7.19. The molecule has 1 saturated heterocycles. The van der Waals surface area contributed by atoms with Crippen molar-refractivity contribution in [3.8, 4) is 5.75 Å². The largest absolute Gasteiger partial charge is 0.486 e. The number of ether oxygens (including phenoxy) is 1. The van der Waals surface area contributed by atoms with Crippen molar-refractivity contribution in [1.29, 1.82) is 0 Å². The van der Waals surface area contributed by atoms with E-state index in [0.29, 0.717) is 36.0 Å². The summed E-state index contributed by atoms with van der Waals surface area (Å²) >= 11 is 0. The summed E-state index contributed by atoms with van der Waals surface area (Å²) in [6.45, 7) is 4.43. The lowest BCUT2D eigenvalue weighted by Gasteiger charge is -2.39. The molecule has 2 aliphatic rings. The van der Waals surface area contributed by atoms with E-state index in [-0.39, 0.29) is 23.4 Å². The smallest absolute Gasteiger partial charge is 0.254 e. The third-order valence-corrected chi connectivity index (χ3v) is 5.00. The lowest BCUT2D eigenvalue weighted by Crippen LogP contribution is -2.56. The van der Waals surface area contributed by atoms with Gasteiger partial charge in [0.15, 0.2) is 0 Å². The van der Waals surface area contributed by atoms with Gasteiger partial charge < -0.3 is 14.2 Å². The summed E-state index contributed by atoms with van der Waals surface area (Å²) < 4.78 is 21.3. The highest BCUT2D eigenvalue weighted by molar-refractivity contribution is 5.94. The quantitative estimate of drug-likeness (QED) is 0.846. The van der Waals surface area contributed by atoms with Crippen LogP contribution in [0.1, 0.15) is 40.5 Å². The average Bonchev–Trinajstić information content (AvgIpc) is 3.36. The first kappa shape index (κ1) is 16.8. The molecule has 1 amide bonds. The Morgan fingerprint density at radius 2 is 1.88 bits per heavy atom. The predicted molar refractivity (Wildman–Crippen MR) is 95.2 cm³/mol. The minimum absolute atomic E-state index is 0.0371. The van der Waals surface area contributed by atoms with Crippen LogP contribution in [-0.2, 0) is 0 Å². The molecule has 0 unspecified atom stereocenters. The summed E-state index contributed by atoms with van der Waals surface area (Å²) in [7, 11) is 0. The lowest BCUT2D eigenvalue weighted by atomic mass is 10.1. The minimum Gasteiger partial charge on any atom is -0.486 e. The lowest BCUT2D eigenvalue weighted by molar-refractivity contribution is 0.0176. The third kappa shape index (κ3) is 3.11. The van der Waals surface area contributed by atoms with Gasteiger partial charge in [0.2, 0.25) is 0 Å². The molecule has 0 radical (unpaired) electrons. The highest BCUT2D eigenvalue weighted by Gasteiger charge is 2.33. The second kappa shape index (κ2) is 6.27. The van der Waals surface area contributed by atoms with Gasteiger partial charge in [-0.25, -0.2) is 4.39 Å². The molecule has 1 saturated carbocycles. The summed E-state index contributed by atoms with van der Waals surface area (Å²) in [4.78, 5) is 26.2. The molecule has 1 aliphatic heterocycles. The van der Waals surface area contributed by atoms with Crippen LogP contribution in [0, 0.1) is 19.7 Å². The van der Waals surface area contributed by atoms with Gasteiger partial charge in [0.25, 0.3) is 11.5 Å². The first-order valence-electron chi connectivity index (χ1n) is 8.87. The molecular weight excluding hydrogens is 335 g/mol. The molecule has 1 aromatic carbocycles. The predicted octanol–water partition coefficient (Wildman–Crippen LogP) is 2.84. The van der Waals surface area contributed by atoms with Crippen LogP contribution in [0.5, 0.6) is 5.75 Å². The van der Waals surface area contributed by atoms with E-state index >= 15 is 0 Å². The Hall–Kier alpha value is -2.63. The van der Waals surface area contributed by atoms with Crippen molar-refractivity contribution >= 4 is 5.91 Å². The van der Waals surface area contributed by atoms with Gasteiger partial charge in [0.05, 0.1) is 13.1 Å². The maximum atomic E-state index is 13.6. The minimum atomic E-state index is -0.379. The molecule has 6 heteroatoms. The summed E-state index contributed by atoms with van der Waals surface area (Å²) in [6, 6.07) is 8.24. The van der Waals surface area contributed by atoms with Crippen molar-refractivity contribution in [2.45, 2.75) is 38.8 Å². The maximum absolute atomic E-state index is 13.6. The number of amides is 1. The number of benzene rings is 1. The van der Waals surface area contributed by atoms with Crippen molar-refractivity contribution in [2.75, 3.05) is 13.1 Å². The van der Waals surface area contributed by atoms with Crippen molar-refractivity contribution in [1.82, 2.24) is 9.47 Å². The molecule has 5 nitrogen and oxygen atoms in total.